The Morgan fingerprint density at radius 2 is 1.71 bits per heavy atom. The predicted octanol–water partition coefficient (Wildman–Crippen LogP) is 4.23. The number of halogens is 3. The largest absolute Gasteiger partial charge is 0.444 e. The van der Waals surface area contributed by atoms with Crippen LogP contribution in [0.1, 0.15) is 44.9 Å². The number of non-ortho nitro benzene ring substituents is 1. The van der Waals surface area contributed by atoms with Gasteiger partial charge in [-0.05, 0) is 39.3 Å². The van der Waals surface area contributed by atoms with Crippen molar-refractivity contribution in [1.82, 2.24) is 9.80 Å². The van der Waals surface area contributed by atoms with Crippen molar-refractivity contribution in [2.24, 2.45) is 0 Å². The van der Waals surface area contributed by atoms with Gasteiger partial charge in [-0.15, -0.1) is 0 Å². The molecule has 1 heterocycles. The van der Waals surface area contributed by atoms with Crippen molar-refractivity contribution in [2.45, 2.75) is 45.5 Å². The van der Waals surface area contributed by atoms with Crippen LogP contribution in [-0.2, 0) is 10.9 Å². The van der Waals surface area contributed by atoms with Gasteiger partial charge in [-0.25, -0.2) is 4.79 Å². The van der Waals surface area contributed by atoms with E-state index in [9.17, 15) is 28.1 Å². The van der Waals surface area contributed by atoms with Gasteiger partial charge in [0.05, 0.1) is 10.5 Å². The van der Waals surface area contributed by atoms with E-state index in [2.05, 4.69) is 0 Å². The molecule has 0 spiro atoms. The highest BCUT2D eigenvalue weighted by Crippen LogP contribution is 2.35. The molecule has 0 aromatic heterocycles. The summed E-state index contributed by atoms with van der Waals surface area (Å²) in [4.78, 5) is 25.8. The SMILES string of the molecule is CC(c1cc([N+](=O)[O-])cc(C(F)(F)F)c1)N1CCN(C(=O)OC(C)(C)C)CC1. The summed E-state index contributed by atoms with van der Waals surface area (Å²) in [5.41, 5.74) is -2.04. The Kier molecular flexibility index (Phi) is 6.22. The average Bonchev–Trinajstić information content (AvgIpc) is 2.58. The molecule has 0 saturated carbocycles. The van der Waals surface area contributed by atoms with Crippen LogP contribution < -0.4 is 0 Å². The number of carbonyl (C=O) groups excluding carboxylic acids is 1. The van der Waals surface area contributed by atoms with Crippen molar-refractivity contribution < 1.29 is 27.6 Å². The van der Waals surface area contributed by atoms with E-state index in [1.54, 1.807) is 32.6 Å². The van der Waals surface area contributed by atoms with Crippen molar-refractivity contribution in [3.63, 3.8) is 0 Å². The van der Waals surface area contributed by atoms with E-state index in [0.29, 0.717) is 32.2 Å². The minimum absolute atomic E-state index is 0.215. The zero-order valence-corrected chi connectivity index (χ0v) is 16.2. The highest BCUT2D eigenvalue weighted by atomic mass is 19.4. The Morgan fingerprint density at radius 1 is 1.14 bits per heavy atom. The zero-order valence-electron chi connectivity index (χ0n) is 16.2. The van der Waals surface area contributed by atoms with Gasteiger partial charge < -0.3 is 9.64 Å². The molecule has 0 aliphatic carbocycles. The van der Waals surface area contributed by atoms with E-state index in [-0.39, 0.29) is 5.56 Å². The lowest BCUT2D eigenvalue weighted by Crippen LogP contribution is -2.50. The molecule has 1 atom stereocenters. The molecule has 1 aromatic carbocycles. The molecule has 1 aliphatic rings. The lowest BCUT2D eigenvalue weighted by molar-refractivity contribution is -0.385. The van der Waals surface area contributed by atoms with Gasteiger partial charge in [0.2, 0.25) is 0 Å². The number of hydrogen-bond donors (Lipinski definition) is 0. The van der Waals surface area contributed by atoms with Gasteiger partial charge in [-0.3, -0.25) is 15.0 Å². The Balaban J connectivity index is 2.13. The smallest absolute Gasteiger partial charge is 0.416 e. The van der Waals surface area contributed by atoms with E-state index in [4.69, 9.17) is 4.74 Å². The van der Waals surface area contributed by atoms with Crippen LogP contribution in [0.2, 0.25) is 0 Å². The van der Waals surface area contributed by atoms with E-state index >= 15 is 0 Å². The zero-order chi connectivity index (χ0) is 21.3. The summed E-state index contributed by atoms with van der Waals surface area (Å²) in [6.45, 7) is 8.56. The molecule has 1 fully saturated rings. The first kappa shape index (κ1) is 21.9. The summed E-state index contributed by atoms with van der Waals surface area (Å²) >= 11 is 0. The van der Waals surface area contributed by atoms with Crippen LogP contribution in [0.5, 0.6) is 0 Å². The van der Waals surface area contributed by atoms with Crippen LogP contribution in [0.25, 0.3) is 0 Å². The number of amides is 1. The van der Waals surface area contributed by atoms with Crippen LogP contribution in [0.4, 0.5) is 23.7 Å². The van der Waals surface area contributed by atoms with E-state index < -0.39 is 40.1 Å². The van der Waals surface area contributed by atoms with Crippen LogP contribution in [0.15, 0.2) is 18.2 Å². The Bertz CT molecular complexity index is 739. The fourth-order valence-corrected chi connectivity index (χ4v) is 2.97. The second-order valence-electron chi connectivity index (χ2n) is 7.75. The number of nitro benzene ring substituents is 1. The third-order valence-corrected chi connectivity index (χ3v) is 4.47. The maximum absolute atomic E-state index is 13.1. The van der Waals surface area contributed by atoms with Crippen molar-refractivity contribution in [1.29, 1.82) is 0 Å². The third-order valence-electron chi connectivity index (χ3n) is 4.47. The minimum Gasteiger partial charge on any atom is -0.444 e. The van der Waals surface area contributed by atoms with Gasteiger partial charge in [0.1, 0.15) is 5.60 Å². The predicted molar refractivity (Wildman–Crippen MR) is 95.9 cm³/mol. The first-order valence-electron chi connectivity index (χ1n) is 8.86. The van der Waals surface area contributed by atoms with Crippen LogP contribution >= 0.6 is 0 Å². The fraction of sp³-hybridized carbons (Fsp3) is 0.611. The fourth-order valence-electron chi connectivity index (χ4n) is 2.97. The third kappa shape index (κ3) is 5.57. The normalized spacial score (nSPS) is 17.3. The van der Waals surface area contributed by atoms with Crippen molar-refractivity contribution in [3.05, 3.63) is 39.4 Å². The first-order chi connectivity index (χ1) is 12.8. The van der Waals surface area contributed by atoms with E-state index in [1.165, 1.54) is 6.07 Å². The van der Waals surface area contributed by atoms with E-state index in [0.717, 1.165) is 6.07 Å². The average molecular weight is 403 g/mol. The minimum atomic E-state index is -4.67. The molecule has 0 bridgehead atoms. The number of hydrogen-bond acceptors (Lipinski definition) is 5. The number of ether oxygens (including phenoxy) is 1. The van der Waals surface area contributed by atoms with Crippen molar-refractivity contribution in [2.75, 3.05) is 26.2 Å². The first-order valence-corrected chi connectivity index (χ1v) is 8.86. The van der Waals surface area contributed by atoms with E-state index in [1.807, 2.05) is 4.90 Å². The highest BCUT2D eigenvalue weighted by Gasteiger charge is 2.34. The molecule has 0 N–H and O–H groups in total. The molecule has 1 aliphatic heterocycles. The molecule has 7 nitrogen and oxygen atoms in total. The number of nitro groups is 1. The molecule has 10 heteroatoms. The molecule has 1 amide bonds. The lowest BCUT2D eigenvalue weighted by Gasteiger charge is -2.38. The number of rotatable bonds is 3. The highest BCUT2D eigenvalue weighted by molar-refractivity contribution is 5.68. The maximum Gasteiger partial charge on any atom is 0.416 e. The molecular weight excluding hydrogens is 379 g/mol. The number of piperazine rings is 1. The van der Waals surface area contributed by atoms with Gasteiger partial charge in [-0.2, -0.15) is 13.2 Å². The second-order valence-corrected chi connectivity index (χ2v) is 7.75. The quantitative estimate of drug-likeness (QED) is 0.558. The summed E-state index contributed by atoms with van der Waals surface area (Å²) in [6, 6.07) is 2.18. The molecular formula is C18H24F3N3O4. The molecule has 28 heavy (non-hydrogen) atoms. The Morgan fingerprint density at radius 3 is 2.18 bits per heavy atom. The number of benzene rings is 1. The number of alkyl halides is 3. The maximum atomic E-state index is 13.1. The monoisotopic (exact) mass is 403 g/mol. The summed E-state index contributed by atoms with van der Waals surface area (Å²) in [7, 11) is 0. The van der Waals surface area contributed by atoms with Gasteiger partial charge in [0.15, 0.2) is 0 Å². The molecule has 156 valence electrons. The standard InChI is InChI=1S/C18H24F3N3O4/c1-12(13-9-14(18(19,20)21)11-15(10-13)24(26)27)22-5-7-23(8-6-22)16(25)28-17(2,3)4/h9-12H,5-8H2,1-4H3. The van der Waals surface area contributed by atoms with Crippen LogP contribution in [0.3, 0.4) is 0 Å². The summed E-state index contributed by atoms with van der Waals surface area (Å²) in [6.07, 6.45) is -5.11. The second kappa shape index (κ2) is 7.94. The Labute approximate surface area is 161 Å². The van der Waals surface area contributed by atoms with Gasteiger partial charge in [0, 0.05) is 44.4 Å². The lowest BCUT2D eigenvalue weighted by atomic mass is 10.0. The van der Waals surface area contributed by atoms with Crippen LogP contribution in [-0.4, -0.2) is 52.6 Å². The summed E-state index contributed by atoms with van der Waals surface area (Å²) in [5, 5.41) is 11.0. The van der Waals surface area contributed by atoms with Gasteiger partial charge in [0.25, 0.3) is 5.69 Å². The van der Waals surface area contributed by atoms with Gasteiger partial charge in [-0.1, -0.05) is 0 Å². The molecule has 1 aromatic rings. The topological polar surface area (TPSA) is 75.9 Å². The Hall–Kier alpha value is -2.36. The van der Waals surface area contributed by atoms with Crippen LogP contribution in [0, 0.1) is 10.1 Å². The number of carbonyl (C=O) groups is 1. The molecule has 0 radical (unpaired) electrons. The van der Waals surface area contributed by atoms with Crippen molar-refractivity contribution >= 4 is 11.8 Å². The molecule has 1 unspecified atom stereocenters. The molecule has 2 rings (SSSR count). The summed E-state index contributed by atoms with van der Waals surface area (Å²) in [5.74, 6) is 0. The summed E-state index contributed by atoms with van der Waals surface area (Å²) < 4.78 is 44.6. The van der Waals surface area contributed by atoms with Gasteiger partial charge >= 0.3 is 12.3 Å². The molecule has 1 saturated heterocycles. The van der Waals surface area contributed by atoms with Crippen molar-refractivity contribution in [3.8, 4) is 0 Å². The number of nitrogens with zero attached hydrogens (tertiary/aromatic N) is 3.